The molecule has 0 aromatic heterocycles. The number of hydrogen-bond donors (Lipinski definition) is 0. The molecular weight excluding hydrogens is 396 g/mol. The lowest BCUT2D eigenvalue weighted by Gasteiger charge is -2.24. The number of carbonyl (C=O) groups excluding carboxylic acids is 2. The molecule has 31 heavy (non-hydrogen) atoms. The average molecular weight is 424 g/mol. The van der Waals surface area contributed by atoms with E-state index in [-0.39, 0.29) is 24.5 Å². The van der Waals surface area contributed by atoms with Crippen molar-refractivity contribution < 1.29 is 23.8 Å². The zero-order chi connectivity index (χ0) is 21.8. The van der Waals surface area contributed by atoms with Gasteiger partial charge in [-0.25, -0.2) is 0 Å². The quantitative estimate of drug-likeness (QED) is 0.617. The van der Waals surface area contributed by atoms with Crippen LogP contribution in [0.4, 0.5) is 5.69 Å². The van der Waals surface area contributed by atoms with Gasteiger partial charge < -0.3 is 24.0 Å². The molecule has 2 amide bonds. The van der Waals surface area contributed by atoms with Crippen LogP contribution in [0.3, 0.4) is 0 Å². The number of methoxy groups -OCH3 is 2. The molecule has 1 aliphatic carbocycles. The van der Waals surface area contributed by atoms with E-state index in [2.05, 4.69) is 0 Å². The molecule has 0 radical (unpaired) electrons. The summed E-state index contributed by atoms with van der Waals surface area (Å²) in [4.78, 5) is 28.5. The maximum atomic E-state index is 13.0. The molecule has 1 saturated carbocycles. The summed E-state index contributed by atoms with van der Waals surface area (Å²) in [7, 11) is 3.24. The van der Waals surface area contributed by atoms with E-state index in [0.29, 0.717) is 18.7 Å². The van der Waals surface area contributed by atoms with E-state index in [1.807, 2.05) is 35.2 Å². The highest BCUT2D eigenvalue weighted by atomic mass is 16.5. The van der Waals surface area contributed by atoms with Crippen LogP contribution in [0.1, 0.15) is 31.2 Å². The number of carbonyl (C=O) groups is 2. The van der Waals surface area contributed by atoms with Crippen LogP contribution in [0.2, 0.25) is 0 Å². The molecule has 164 valence electrons. The van der Waals surface area contributed by atoms with E-state index in [9.17, 15) is 9.59 Å². The third-order valence-electron chi connectivity index (χ3n) is 5.72. The van der Waals surface area contributed by atoms with Crippen molar-refractivity contribution in [2.45, 2.75) is 38.3 Å². The van der Waals surface area contributed by atoms with Gasteiger partial charge in [0.2, 0.25) is 5.91 Å². The molecule has 1 heterocycles. The highest BCUT2D eigenvalue weighted by molar-refractivity contribution is 5.95. The van der Waals surface area contributed by atoms with Gasteiger partial charge in [-0.3, -0.25) is 9.59 Å². The number of nitrogens with zero attached hydrogens (tertiary/aromatic N) is 2. The van der Waals surface area contributed by atoms with Gasteiger partial charge in [-0.05, 0) is 61.7 Å². The van der Waals surface area contributed by atoms with Crippen molar-refractivity contribution in [1.29, 1.82) is 0 Å². The first-order valence-electron chi connectivity index (χ1n) is 10.6. The Morgan fingerprint density at radius 3 is 2.42 bits per heavy atom. The summed E-state index contributed by atoms with van der Waals surface area (Å²) in [5.74, 6) is 2.15. The van der Waals surface area contributed by atoms with Gasteiger partial charge in [0.1, 0.15) is 17.2 Å². The smallest absolute Gasteiger partial charge is 0.261 e. The summed E-state index contributed by atoms with van der Waals surface area (Å²) in [6.45, 7) is 1.16. The Labute approximate surface area is 182 Å². The second-order valence-electron chi connectivity index (χ2n) is 7.86. The fraction of sp³-hybridized carbons (Fsp3) is 0.417. The van der Waals surface area contributed by atoms with Crippen LogP contribution in [-0.4, -0.2) is 50.1 Å². The number of anilines is 1. The van der Waals surface area contributed by atoms with Crippen LogP contribution < -0.4 is 19.1 Å². The lowest BCUT2D eigenvalue weighted by Crippen LogP contribution is -2.36. The number of benzene rings is 2. The van der Waals surface area contributed by atoms with Crippen molar-refractivity contribution >= 4 is 17.5 Å². The van der Waals surface area contributed by atoms with Crippen LogP contribution in [-0.2, 0) is 16.1 Å². The van der Waals surface area contributed by atoms with Crippen LogP contribution in [0.5, 0.6) is 17.2 Å². The number of hydrogen-bond acceptors (Lipinski definition) is 5. The molecule has 0 atom stereocenters. The van der Waals surface area contributed by atoms with E-state index in [1.165, 1.54) is 0 Å². The van der Waals surface area contributed by atoms with Crippen molar-refractivity contribution in [3.63, 3.8) is 0 Å². The largest absolute Gasteiger partial charge is 0.497 e. The summed E-state index contributed by atoms with van der Waals surface area (Å²) < 4.78 is 16.5. The summed E-state index contributed by atoms with van der Waals surface area (Å²) in [5, 5.41) is 0. The highest BCUT2D eigenvalue weighted by Gasteiger charge is 2.33. The molecule has 0 unspecified atom stereocenters. The third-order valence-corrected chi connectivity index (χ3v) is 5.72. The topological polar surface area (TPSA) is 68.3 Å². The molecule has 7 heteroatoms. The van der Waals surface area contributed by atoms with Crippen molar-refractivity contribution in [3.8, 4) is 17.2 Å². The van der Waals surface area contributed by atoms with Gasteiger partial charge in [0.05, 0.1) is 14.2 Å². The van der Waals surface area contributed by atoms with E-state index in [0.717, 1.165) is 48.6 Å². The van der Waals surface area contributed by atoms with Gasteiger partial charge in [0.15, 0.2) is 6.61 Å². The first kappa shape index (κ1) is 21.0. The zero-order valence-electron chi connectivity index (χ0n) is 18.0. The van der Waals surface area contributed by atoms with Gasteiger partial charge in [0, 0.05) is 36.8 Å². The number of amides is 2. The second-order valence-corrected chi connectivity index (χ2v) is 7.86. The molecule has 1 aliphatic heterocycles. The molecule has 0 spiro atoms. The van der Waals surface area contributed by atoms with Gasteiger partial charge in [-0.1, -0.05) is 0 Å². The van der Waals surface area contributed by atoms with Gasteiger partial charge >= 0.3 is 0 Å². The van der Waals surface area contributed by atoms with Gasteiger partial charge in [0.25, 0.3) is 5.91 Å². The maximum Gasteiger partial charge on any atom is 0.261 e. The lowest BCUT2D eigenvalue weighted by molar-refractivity contribution is -0.134. The zero-order valence-corrected chi connectivity index (χ0v) is 18.0. The van der Waals surface area contributed by atoms with Gasteiger partial charge in [-0.2, -0.15) is 0 Å². The van der Waals surface area contributed by atoms with Crippen molar-refractivity contribution in [3.05, 3.63) is 48.0 Å². The first-order valence-corrected chi connectivity index (χ1v) is 10.6. The van der Waals surface area contributed by atoms with E-state index in [4.69, 9.17) is 14.2 Å². The Balaban J connectivity index is 1.39. The molecule has 4 rings (SSSR count). The third kappa shape index (κ3) is 4.93. The van der Waals surface area contributed by atoms with Crippen molar-refractivity contribution in [1.82, 2.24) is 4.90 Å². The maximum absolute atomic E-state index is 13.0. The lowest BCUT2D eigenvalue weighted by atomic mass is 10.1. The van der Waals surface area contributed by atoms with Crippen LogP contribution in [0, 0.1) is 0 Å². The summed E-state index contributed by atoms with van der Waals surface area (Å²) in [6, 6.07) is 13.2. The van der Waals surface area contributed by atoms with Gasteiger partial charge in [-0.15, -0.1) is 0 Å². The molecule has 7 nitrogen and oxygen atoms in total. The Hall–Kier alpha value is -3.22. The number of rotatable bonds is 9. The monoisotopic (exact) mass is 424 g/mol. The summed E-state index contributed by atoms with van der Waals surface area (Å²) in [5.41, 5.74) is 1.77. The molecule has 2 aromatic rings. The summed E-state index contributed by atoms with van der Waals surface area (Å²) in [6.07, 6.45) is 3.48. The first-order chi connectivity index (χ1) is 15.1. The second kappa shape index (κ2) is 9.29. The highest BCUT2D eigenvalue weighted by Crippen LogP contribution is 2.32. The molecule has 0 N–H and O–H groups in total. The minimum Gasteiger partial charge on any atom is -0.497 e. The Morgan fingerprint density at radius 1 is 1.06 bits per heavy atom. The molecule has 2 aliphatic rings. The number of ether oxygens (including phenoxy) is 3. The van der Waals surface area contributed by atoms with E-state index in [1.54, 1.807) is 31.3 Å². The van der Waals surface area contributed by atoms with Crippen molar-refractivity contribution in [2.24, 2.45) is 0 Å². The Kier molecular flexibility index (Phi) is 6.30. The Bertz CT molecular complexity index is 939. The molecule has 2 fully saturated rings. The van der Waals surface area contributed by atoms with Crippen LogP contribution >= 0.6 is 0 Å². The standard InChI is InChI=1S/C24H28N2O5/c1-29-21-11-12-22(30-2)17(14-21)15-26(19-5-6-19)24(28)16-31-20-9-7-18(8-10-20)25-13-3-4-23(25)27/h7-12,14,19H,3-6,13,15-16H2,1-2H3. The van der Waals surface area contributed by atoms with Crippen LogP contribution in [0.25, 0.3) is 0 Å². The predicted molar refractivity (Wildman–Crippen MR) is 117 cm³/mol. The average Bonchev–Trinajstić information content (AvgIpc) is 3.55. The predicted octanol–water partition coefficient (Wildman–Crippen LogP) is 3.40. The molecule has 1 saturated heterocycles. The SMILES string of the molecule is COc1ccc(OC)c(CN(C(=O)COc2ccc(N3CCCC3=O)cc2)C2CC2)c1. The summed E-state index contributed by atoms with van der Waals surface area (Å²) >= 11 is 0. The van der Waals surface area contributed by atoms with E-state index >= 15 is 0 Å². The fourth-order valence-electron chi connectivity index (χ4n) is 3.87. The fourth-order valence-corrected chi connectivity index (χ4v) is 3.87. The minimum absolute atomic E-state index is 0.0369. The normalized spacial score (nSPS) is 15.7. The molecular formula is C24H28N2O5. The van der Waals surface area contributed by atoms with Crippen LogP contribution in [0.15, 0.2) is 42.5 Å². The van der Waals surface area contributed by atoms with E-state index < -0.39 is 0 Å². The van der Waals surface area contributed by atoms with Crippen molar-refractivity contribution in [2.75, 3.05) is 32.3 Å². The Morgan fingerprint density at radius 2 is 1.81 bits per heavy atom. The molecule has 2 aromatic carbocycles. The minimum atomic E-state index is -0.0637. The molecule has 0 bridgehead atoms.